The molecule has 0 unspecified atom stereocenters. The Morgan fingerprint density at radius 1 is 1.35 bits per heavy atom. The minimum Gasteiger partial charge on any atom is -0.486 e. The van der Waals surface area contributed by atoms with Crippen molar-refractivity contribution >= 4 is 15.9 Å². The number of benzene rings is 1. The molecule has 0 aliphatic rings. The standard InChI is InChI=1S/C15H17BrFNO2/c1-3-18-8-11-6-13(20-10(11)2)9-19-12-4-5-15(17)14(16)7-12/h4-7,18H,3,8-9H2,1-2H3. The fraction of sp³-hybridized carbons (Fsp3) is 0.333. The lowest BCUT2D eigenvalue weighted by Gasteiger charge is -2.04. The van der Waals surface area contributed by atoms with Crippen LogP contribution in [-0.4, -0.2) is 6.54 Å². The Balaban J connectivity index is 1.98. The van der Waals surface area contributed by atoms with E-state index in [2.05, 4.69) is 28.2 Å². The Morgan fingerprint density at radius 2 is 2.15 bits per heavy atom. The second-order valence-corrected chi connectivity index (χ2v) is 5.29. The molecule has 0 saturated heterocycles. The molecule has 1 heterocycles. The second kappa shape index (κ2) is 6.90. The molecule has 0 spiro atoms. The summed E-state index contributed by atoms with van der Waals surface area (Å²) in [5, 5.41) is 3.26. The van der Waals surface area contributed by atoms with Crippen LogP contribution in [0.2, 0.25) is 0 Å². The Hall–Kier alpha value is -1.33. The molecule has 0 bridgehead atoms. The molecular weight excluding hydrogens is 325 g/mol. The summed E-state index contributed by atoms with van der Waals surface area (Å²) in [7, 11) is 0. The molecule has 0 atom stereocenters. The van der Waals surface area contributed by atoms with Crippen molar-refractivity contribution in [2.24, 2.45) is 0 Å². The van der Waals surface area contributed by atoms with E-state index in [-0.39, 0.29) is 5.82 Å². The molecule has 0 amide bonds. The third-order valence-electron chi connectivity index (χ3n) is 2.91. The lowest BCUT2D eigenvalue weighted by molar-refractivity contribution is 0.267. The molecule has 0 aliphatic carbocycles. The van der Waals surface area contributed by atoms with E-state index in [0.29, 0.717) is 16.8 Å². The normalized spacial score (nSPS) is 10.8. The molecule has 2 rings (SSSR count). The molecule has 20 heavy (non-hydrogen) atoms. The largest absolute Gasteiger partial charge is 0.486 e. The van der Waals surface area contributed by atoms with Crippen molar-refractivity contribution in [3.05, 3.63) is 51.6 Å². The van der Waals surface area contributed by atoms with Crippen molar-refractivity contribution < 1.29 is 13.5 Å². The van der Waals surface area contributed by atoms with E-state index in [0.717, 1.165) is 30.2 Å². The molecule has 0 fully saturated rings. The molecular formula is C15H17BrFNO2. The Morgan fingerprint density at radius 3 is 2.85 bits per heavy atom. The fourth-order valence-corrected chi connectivity index (χ4v) is 2.17. The summed E-state index contributed by atoms with van der Waals surface area (Å²) in [5.74, 6) is 1.94. The van der Waals surface area contributed by atoms with Crippen LogP contribution in [0.15, 0.2) is 33.2 Å². The predicted octanol–water partition coefficient (Wildman–Crippen LogP) is 4.18. The van der Waals surface area contributed by atoms with Gasteiger partial charge in [0.1, 0.15) is 29.7 Å². The quantitative estimate of drug-likeness (QED) is 0.855. The number of rotatable bonds is 6. The fourth-order valence-electron chi connectivity index (χ4n) is 1.82. The average molecular weight is 342 g/mol. The van der Waals surface area contributed by atoms with Crippen molar-refractivity contribution in [2.75, 3.05) is 6.54 Å². The van der Waals surface area contributed by atoms with Gasteiger partial charge in [0.25, 0.3) is 0 Å². The van der Waals surface area contributed by atoms with E-state index in [1.54, 1.807) is 12.1 Å². The van der Waals surface area contributed by atoms with Crippen molar-refractivity contribution in [1.29, 1.82) is 0 Å². The summed E-state index contributed by atoms with van der Waals surface area (Å²) in [6.07, 6.45) is 0. The van der Waals surface area contributed by atoms with Crippen LogP contribution in [0.1, 0.15) is 24.0 Å². The number of hydrogen-bond donors (Lipinski definition) is 1. The summed E-state index contributed by atoms with van der Waals surface area (Å²) < 4.78 is 24.7. The first-order valence-electron chi connectivity index (χ1n) is 6.47. The zero-order chi connectivity index (χ0) is 14.5. The van der Waals surface area contributed by atoms with Crippen LogP contribution < -0.4 is 10.1 Å². The number of furan rings is 1. The smallest absolute Gasteiger partial charge is 0.146 e. The third-order valence-corrected chi connectivity index (χ3v) is 3.52. The van der Waals surface area contributed by atoms with Gasteiger partial charge in [0.05, 0.1) is 4.47 Å². The highest BCUT2D eigenvalue weighted by atomic mass is 79.9. The molecule has 2 aromatic rings. The average Bonchev–Trinajstić information content (AvgIpc) is 2.78. The first kappa shape index (κ1) is 15.1. The van der Waals surface area contributed by atoms with Gasteiger partial charge in [0.15, 0.2) is 0 Å². The third kappa shape index (κ3) is 3.84. The number of nitrogens with one attached hydrogen (secondary N) is 1. The Bertz CT molecular complexity index is 583. The first-order chi connectivity index (χ1) is 9.60. The van der Waals surface area contributed by atoms with Gasteiger partial charge in [-0.1, -0.05) is 6.92 Å². The SMILES string of the molecule is CCNCc1cc(COc2ccc(F)c(Br)c2)oc1C. The number of aryl methyl sites for hydroxylation is 1. The van der Waals surface area contributed by atoms with Crippen LogP contribution in [0.25, 0.3) is 0 Å². The highest BCUT2D eigenvalue weighted by molar-refractivity contribution is 9.10. The summed E-state index contributed by atoms with van der Waals surface area (Å²) in [5.41, 5.74) is 1.13. The summed E-state index contributed by atoms with van der Waals surface area (Å²) in [4.78, 5) is 0. The number of halogens is 2. The van der Waals surface area contributed by atoms with E-state index in [4.69, 9.17) is 9.15 Å². The van der Waals surface area contributed by atoms with Crippen molar-refractivity contribution in [3.63, 3.8) is 0 Å². The maximum Gasteiger partial charge on any atom is 0.146 e. The highest BCUT2D eigenvalue weighted by Crippen LogP contribution is 2.23. The van der Waals surface area contributed by atoms with Gasteiger partial charge in [-0.15, -0.1) is 0 Å². The van der Waals surface area contributed by atoms with Gasteiger partial charge in [-0.3, -0.25) is 0 Å². The predicted molar refractivity (Wildman–Crippen MR) is 79.3 cm³/mol. The molecule has 0 saturated carbocycles. The zero-order valence-corrected chi connectivity index (χ0v) is 13.1. The first-order valence-corrected chi connectivity index (χ1v) is 7.26. The zero-order valence-electron chi connectivity index (χ0n) is 11.5. The van der Waals surface area contributed by atoms with Crippen LogP contribution in [0, 0.1) is 12.7 Å². The van der Waals surface area contributed by atoms with Gasteiger partial charge in [-0.05, 0) is 53.7 Å². The van der Waals surface area contributed by atoms with Gasteiger partial charge in [0.2, 0.25) is 0 Å². The van der Waals surface area contributed by atoms with Crippen molar-refractivity contribution in [1.82, 2.24) is 5.32 Å². The van der Waals surface area contributed by atoms with Crippen molar-refractivity contribution in [3.8, 4) is 5.75 Å². The van der Waals surface area contributed by atoms with Crippen LogP contribution in [0.3, 0.4) is 0 Å². The number of ether oxygens (including phenoxy) is 1. The highest BCUT2D eigenvalue weighted by Gasteiger charge is 2.08. The lowest BCUT2D eigenvalue weighted by atomic mass is 10.2. The molecule has 5 heteroatoms. The Labute approximate surface area is 126 Å². The van der Waals surface area contributed by atoms with Crippen LogP contribution in [0.4, 0.5) is 4.39 Å². The van der Waals surface area contributed by atoms with E-state index >= 15 is 0 Å². The molecule has 1 aromatic carbocycles. The second-order valence-electron chi connectivity index (χ2n) is 4.44. The number of hydrogen-bond acceptors (Lipinski definition) is 3. The monoisotopic (exact) mass is 341 g/mol. The van der Waals surface area contributed by atoms with Crippen LogP contribution in [0.5, 0.6) is 5.75 Å². The Kier molecular flexibility index (Phi) is 5.20. The molecule has 1 N–H and O–H groups in total. The summed E-state index contributed by atoms with van der Waals surface area (Å²) in [6.45, 7) is 6.02. The maximum absolute atomic E-state index is 13.1. The molecule has 0 radical (unpaired) electrons. The lowest BCUT2D eigenvalue weighted by Crippen LogP contribution is -2.11. The van der Waals surface area contributed by atoms with E-state index in [1.165, 1.54) is 6.07 Å². The van der Waals surface area contributed by atoms with Gasteiger partial charge in [-0.25, -0.2) is 4.39 Å². The van der Waals surface area contributed by atoms with E-state index < -0.39 is 0 Å². The minimum absolute atomic E-state index is 0.306. The topological polar surface area (TPSA) is 34.4 Å². The molecule has 0 aliphatic heterocycles. The van der Waals surface area contributed by atoms with Gasteiger partial charge in [0, 0.05) is 12.1 Å². The van der Waals surface area contributed by atoms with Crippen LogP contribution in [-0.2, 0) is 13.2 Å². The maximum atomic E-state index is 13.1. The molecule has 1 aromatic heterocycles. The molecule has 3 nitrogen and oxygen atoms in total. The van der Waals surface area contributed by atoms with Crippen LogP contribution >= 0.6 is 15.9 Å². The van der Waals surface area contributed by atoms with Gasteiger partial charge < -0.3 is 14.5 Å². The minimum atomic E-state index is -0.306. The summed E-state index contributed by atoms with van der Waals surface area (Å²) >= 11 is 3.13. The van der Waals surface area contributed by atoms with E-state index in [1.807, 2.05) is 13.0 Å². The summed E-state index contributed by atoms with van der Waals surface area (Å²) in [6, 6.07) is 6.54. The van der Waals surface area contributed by atoms with E-state index in [9.17, 15) is 4.39 Å². The van der Waals surface area contributed by atoms with Crippen molar-refractivity contribution in [2.45, 2.75) is 27.0 Å². The van der Waals surface area contributed by atoms with Gasteiger partial charge >= 0.3 is 0 Å². The molecule has 108 valence electrons. The van der Waals surface area contributed by atoms with Gasteiger partial charge in [-0.2, -0.15) is 0 Å².